The molecule has 2 unspecified atom stereocenters. The minimum Gasteiger partial charge on any atom is -0.398 e. The second-order valence-electron chi connectivity index (χ2n) is 5.27. The number of piperazine rings is 1. The summed E-state index contributed by atoms with van der Waals surface area (Å²) < 4.78 is 0. The van der Waals surface area contributed by atoms with Crippen LogP contribution in [0.3, 0.4) is 0 Å². The van der Waals surface area contributed by atoms with Gasteiger partial charge in [-0.25, -0.2) is 0 Å². The van der Waals surface area contributed by atoms with Crippen LogP contribution in [-0.4, -0.2) is 48.4 Å². The van der Waals surface area contributed by atoms with Gasteiger partial charge in [-0.1, -0.05) is 12.1 Å². The van der Waals surface area contributed by atoms with Crippen LogP contribution in [0.2, 0.25) is 0 Å². The number of hydrogen-bond donors (Lipinski definition) is 4. The summed E-state index contributed by atoms with van der Waals surface area (Å²) in [7, 11) is 0. The molecule has 1 amide bonds. The molecule has 112 valence electrons. The maximum atomic E-state index is 12.4. The highest BCUT2D eigenvalue weighted by atomic mass is 16.2. The molecule has 2 saturated heterocycles. The van der Waals surface area contributed by atoms with Crippen molar-refractivity contribution in [1.82, 2.24) is 10.2 Å². The zero-order valence-corrected chi connectivity index (χ0v) is 11.9. The first-order valence-electron chi connectivity index (χ1n) is 7.05. The largest absolute Gasteiger partial charge is 0.398 e. The van der Waals surface area contributed by atoms with Gasteiger partial charge in [-0.3, -0.25) is 4.79 Å². The van der Waals surface area contributed by atoms with E-state index in [0.29, 0.717) is 23.3 Å². The van der Waals surface area contributed by atoms with E-state index in [9.17, 15) is 4.79 Å². The summed E-state index contributed by atoms with van der Waals surface area (Å²) >= 11 is 0. The van der Waals surface area contributed by atoms with Crippen LogP contribution in [-0.2, 0) is 0 Å². The van der Waals surface area contributed by atoms with Crippen molar-refractivity contribution >= 4 is 24.0 Å². The molecule has 2 fully saturated rings. The Balaban J connectivity index is 0.000000361. The highest BCUT2D eigenvalue weighted by Gasteiger charge is 2.34. The minimum absolute atomic E-state index is 0.0708. The first-order chi connectivity index (χ1) is 10.2. The highest BCUT2D eigenvalue weighted by Crippen LogP contribution is 2.22. The van der Waals surface area contributed by atoms with E-state index in [4.69, 9.17) is 16.6 Å². The maximum absolute atomic E-state index is 12.4. The van der Waals surface area contributed by atoms with E-state index < -0.39 is 0 Å². The van der Waals surface area contributed by atoms with E-state index in [1.807, 2.05) is 23.1 Å². The van der Waals surface area contributed by atoms with Crippen LogP contribution >= 0.6 is 0 Å². The molecule has 2 aliphatic heterocycles. The molecular formula is C15H21N5O. The van der Waals surface area contributed by atoms with Crippen LogP contribution in [0.15, 0.2) is 24.3 Å². The van der Waals surface area contributed by atoms with Crippen molar-refractivity contribution in [3.63, 3.8) is 0 Å². The molecule has 2 aliphatic rings. The fraction of sp³-hybridized carbons (Fsp3) is 0.400. The number of carbonyl (C=O) groups is 1. The van der Waals surface area contributed by atoms with Gasteiger partial charge in [-0.05, 0) is 25.0 Å². The van der Waals surface area contributed by atoms with Gasteiger partial charge in [0.05, 0.1) is 5.56 Å². The van der Waals surface area contributed by atoms with E-state index in [0.717, 1.165) is 25.5 Å². The number of benzene rings is 1. The van der Waals surface area contributed by atoms with Crippen molar-refractivity contribution in [3.05, 3.63) is 29.8 Å². The topological polar surface area (TPSA) is 106 Å². The number of carbonyl (C=O) groups excluding carboxylic acids is 1. The third-order valence-electron chi connectivity index (χ3n) is 3.78. The van der Waals surface area contributed by atoms with Gasteiger partial charge in [0.25, 0.3) is 5.91 Å². The van der Waals surface area contributed by atoms with E-state index in [2.05, 4.69) is 5.32 Å². The summed E-state index contributed by atoms with van der Waals surface area (Å²) in [6, 6.07) is 8.25. The standard InChI is InChI=1S/C13H17N3O.C2H4N2/c14-12-4-2-1-3-11(12)13(17)16-7-9-5-6-10(8-16)15-9;3-1-2-4/h1-4,9-10,15H,5-8,14H2;1-4H. The molecule has 0 spiro atoms. The van der Waals surface area contributed by atoms with Gasteiger partial charge in [0, 0.05) is 43.3 Å². The Morgan fingerprint density at radius 3 is 2.29 bits per heavy atom. The Hall–Kier alpha value is -2.21. The van der Waals surface area contributed by atoms with Crippen LogP contribution in [0.1, 0.15) is 23.2 Å². The number of likely N-dealkylation sites (tertiary alicyclic amines) is 1. The van der Waals surface area contributed by atoms with Crippen molar-refractivity contribution in [1.29, 1.82) is 10.8 Å². The molecule has 3 rings (SSSR count). The smallest absolute Gasteiger partial charge is 0.256 e. The quantitative estimate of drug-likeness (QED) is 0.484. The Bertz CT molecular complexity index is 513. The number of amides is 1. The third kappa shape index (κ3) is 3.66. The first kappa shape index (κ1) is 15.2. The lowest BCUT2D eigenvalue weighted by Gasteiger charge is -2.33. The Morgan fingerprint density at radius 2 is 1.76 bits per heavy atom. The van der Waals surface area contributed by atoms with Gasteiger partial charge in [-0.2, -0.15) is 0 Å². The number of nitrogens with zero attached hydrogens (tertiary/aromatic N) is 1. The summed E-state index contributed by atoms with van der Waals surface area (Å²) in [5.41, 5.74) is 7.06. The molecule has 0 aliphatic carbocycles. The van der Waals surface area contributed by atoms with E-state index in [1.165, 1.54) is 12.8 Å². The van der Waals surface area contributed by atoms with Gasteiger partial charge in [-0.15, -0.1) is 0 Å². The molecule has 2 atom stereocenters. The molecule has 0 radical (unpaired) electrons. The fourth-order valence-electron chi connectivity index (χ4n) is 2.82. The molecule has 21 heavy (non-hydrogen) atoms. The summed E-state index contributed by atoms with van der Waals surface area (Å²) in [5.74, 6) is 0.0708. The number of nitrogen functional groups attached to an aromatic ring is 1. The number of anilines is 1. The second kappa shape index (κ2) is 6.99. The Kier molecular flexibility index (Phi) is 5.05. The minimum atomic E-state index is 0.0708. The average molecular weight is 287 g/mol. The molecule has 5 N–H and O–H groups in total. The van der Waals surface area contributed by atoms with E-state index in [-0.39, 0.29) is 5.91 Å². The van der Waals surface area contributed by atoms with Crippen LogP contribution in [0.25, 0.3) is 0 Å². The molecule has 1 aromatic rings. The Labute approximate surface area is 124 Å². The van der Waals surface area contributed by atoms with Gasteiger partial charge in [0.1, 0.15) is 0 Å². The van der Waals surface area contributed by atoms with Crippen molar-refractivity contribution in [2.24, 2.45) is 0 Å². The first-order valence-corrected chi connectivity index (χ1v) is 7.05. The summed E-state index contributed by atoms with van der Waals surface area (Å²) in [4.78, 5) is 14.3. The number of hydrogen-bond acceptors (Lipinski definition) is 5. The van der Waals surface area contributed by atoms with Gasteiger partial charge in [0.2, 0.25) is 0 Å². The lowest BCUT2D eigenvalue weighted by molar-refractivity contribution is 0.0698. The third-order valence-corrected chi connectivity index (χ3v) is 3.78. The molecule has 0 aromatic heterocycles. The number of fused-ring (bicyclic) bond motifs is 2. The maximum Gasteiger partial charge on any atom is 0.256 e. The molecule has 6 heteroatoms. The van der Waals surface area contributed by atoms with E-state index >= 15 is 0 Å². The lowest BCUT2D eigenvalue weighted by atomic mass is 10.1. The molecule has 6 nitrogen and oxygen atoms in total. The van der Waals surface area contributed by atoms with Crippen LogP contribution in [0.5, 0.6) is 0 Å². The van der Waals surface area contributed by atoms with Gasteiger partial charge < -0.3 is 26.8 Å². The molecule has 0 saturated carbocycles. The van der Waals surface area contributed by atoms with Crippen molar-refractivity contribution in [3.8, 4) is 0 Å². The lowest BCUT2D eigenvalue weighted by Crippen LogP contribution is -2.53. The number of nitrogens with two attached hydrogens (primary N) is 1. The van der Waals surface area contributed by atoms with Gasteiger partial charge in [0.15, 0.2) is 0 Å². The molecule has 2 heterocycles. The zero-order chi connectivity index (χ0) is 15.2. The number of para-hydroxylation sites is 1. The predicted molar refractivity (Wildman–Crippen MR) is 84.3 cm³/mol. The number of nitrogens with one attached hydrogen (secondary N) is 3. The SMILES string of the molecule is N=CC=N.Nc1ccccc1C(=O)N1CC2CCC(C1)N2. The highest BCUT2D eigenvalue weighted by molar-refractivity contribution is 6.12. The van der Waals surface area contributed by atoms with Crippen LogP contribution in [0, 0.1) is 10.8 Å². The van der Waals surface area contributed by atoms with Crippen LogP contribution in [0.4, 0.5) is 5.69 Å². The molecular weight excluding hydrogens is 266 g/mol. The summed E-state index contributed by atoms with van der Waals surface area (Å²) in [6.07, 6.45) is 4.19. The van der Waals surface area contributed by atoms with Crippen molar-refractivity contribution in [2.75, 3.05) is 18.8 Å². The Morgan fingerprint density at radius 1 is 1.19 bits per heavy atom. The molecule has 1 aromatic carbocycles. The van der Waals surface area contributed by atoms with Crippen molar-refractivity contribution in [2.45, 2.75) is 24.9 Å². The summed E-state index contributed by atoms with van der Waals surface area (Å²) in [6.45, 7) is 1.62. The zero-order valence-electron chi connectivity index (χ0n) is 11.9. The fourth-order valence-corrected chi connectivity index (χ4v) is 2.82. The number of rotatable bonds is 2. The monoisotopic (exact) mass is 287 g/mol. The predicted octanol–water partition coefficient (Wildman–Crippen LogP) is 1.13. The average Bonchev–Trinajstić information content (AvgIpc) is 2.85. The normalized spacial score (nSPS) is 23.0. The second-order valence-corrected chi connectivity index (χ2v) is 5.27. The van der Waals surface area contributed by atoms with Gasteiger partial charge >= 0.3 is 0 Å². The van der Waals surface area contributed by atoms with Crippen molar-refractivity contribution < 1.29 is 4.79 Å². The molecule has 2 bridgehead atoms. The summed E-state index contributed by atoms with van der Waals surface area (Å²) in [5, 5.41) is 15.7. The van der Waals surface area contributed by atoms with E-state index in [1.54, 1.807) is 6.07 Å². The van der Waals surface area contributed by atoms with Crippen LogP contribution < -0.4 is 11.1 Å².